The zero-order valence-corrected chi connectivity index (χ0v) is 13.7. The predicted octanol–water partition coefficient (Wildman–Crippen LogP) is 3.19. The lowest BCUT2D eigenvalue weighted by atomic mass is 10.2. The summed E-state index contributed by atoms with van der Waals surface area (Å²) in [6.07, 6.45) is 1.53. The molecule has 0 radical (unpaired) electrons. The summed E-state index contributed by atoms with van der Waals surface area (Å²) in [5.74, 6) is 0.475. The molecule has 1 heterocycles. The van der Waals surface area contributed by atoms with E-state index in [1.165, 1.54) is 0 Å². The second kappa shape index (κ2) is 6.60. The van der Waals surface area contributed by atoms with Gasteiger partial charge in [-0.1, -0.05) is 18.2 Å². The van der Waals surface area contributed by atoms with Crippen LogP contribution in [0.2, 0.25) is 0 Å². The highest BCUT2D eigenvalue weighted by molar-refractivity contribution is 7.85. The van der Waals surface area contributed by atoms with Crippen LogP contribution in [0.15, 0.2) is 35.2 Å². The average molecular weight is 309 g/mol. The molecule has 0 N–H and O–H groups in total. The van der Waals surface area contributed by atoms with Crippen LogP contribution in [0.1, 0.15) is 33.6 Å². The van der Waals surface area contributed by atoms with E-state index >= 15 is 0 Å². The highest BCUT2D eigenvalue weighted by Gasteiger charge is 2.33. The van der Waals surface area contributed by atoms with Crippen molar-refractivity contribution in [1.29, 1.82) is 0 Å². The third-order valence-corrected chi connectivity index (χ3v) is 4.84. The van der Waals surface area contributed by atoms with Crippen molar-refractivity contribution in [3.05, 3.63) is 30.3 Å². The first-order valence-corrected chi connectivity index (χ1v) is 8.62. The normalized spacial score (nSPS) is 20.3. The highest BCUT2D eigenvalue weighted by atomic mass is 32.2. The molecule has 21 heavy (non-hydrogen) atoms. The van der Waals surface area contributed by atoms with E-state index < -0.39 is 16.4 Å². The van der Waals surface area contributed by atoms with Crippen molar-refractivity contribution >= 4 is 16.9 Å². The van der Waals surface area contributed by atoms with Gasteiger partial charge >= 0.3 is 6.09 Å². The Labute approximate surface area is 128 Å². The topological polar surface area (TPSA) is 46.6 Å². The molecular formula is C16H23NO3S. The number of hydrogen-bond acceptors (Lipinski definition) is 3. The van der Waals surface area contributed by atoms with Crippen molar-refractivity contribution in [2.45, 2.75) is 50.2 Å². The molecule has 2 atom stereocenters. The van der Waals surface area contributed by atoms with E-state index in [0.717, 1.165) is 17.7 Å². The van der Waals surface area contributed by atoms with Gasteiger partial charge < -0.3 is 9.64 Å². The molecule has 1 aliphatic heterocycles. The summed E-state index contributed by atoms with van der Waals surface area (Å²) >= 11 is 0. The molecule has 0 aromatic heterocycles. The molecular weight excluding hydrogens is 286 g/mol. The number of ether oxygens (including phenoxy) is 1. The molecule has 1 unspecified atom stereocenters. The van der Waals surface area contributed by atoms with Crippen molar-refractivity contribution in [3.8, 4) is 0 Å². The molecule has 1 aliphatic rings. The van der Waals surface area contributed by atoms with Gasteiger partial charge in [-0.2, -0.15) is 0 Å². The Kier molecular flexibility index (Phi) is 5.04. The molecule has 2 rings (SSSR count). The lowest BCUT2D eigenvalue weighted by molar-refractivity contribution is 0.0241. The first-order valence-electron chi connectivity index (χ1n) is 7.30. The van der Waals surface area contributed by atoms with Gasteiger partial charge in [0.1, 0.15) is 5.60 Å². The molecule has 5 heteroatoms. The molecule has 1 fully saturated rings. The van der Waals surface area contributed by atoms with Crippen LogP contribution in [0.4, 0.5) is 4.79 Å². The number of carbonyl (C=O) groups excluding carboxylic acids is 1. The largest absolute Gasteiger partial charge is 0.444 e. The van der Waals surface area contributed by atoms with E-state index in [4.69, 9.17) is 4.74 Å². The standard InChI is InChI=1S/C16H23NO3S/c1-16(2,3)20-15(18)17-11-7-8-13(17)12-21(19)14-9-5-4-6-10-14/h4-6,9-10,13H,7-8,11-12H2,1-3H3/t13-,21?/m0/s1. The summed E-state index contributed by atoms with van der Waals surface area (Å²) in [5.41, 5.74) is -0.497. The van der Waals surface area contributed by atoms with Gasteiger partial charge in [0, 0.05) is 23.2 Å². The maximum Gasteiger partial charge on any atom is 0.410 e. The Hall–Kier alpha value is -1.36. The van der Waals surface area contributed by atoms with Gasteiger partial charge in [0.2, 0.25) is 0 Å². The molecule has 1 saturated heterocycles. The maximum absolute atomic E-state index is 12.4. The molecule has 1 aromatic rings. The fourth-order valence-electron chi connectivity index (χ4n) is 2.41. The van der Waals surface area contributed by atoms with E-state index in [1.807, 2.05) is 51.1 Å². The Morgan fingerprint density at radius 3 is 2.62 bits per heavy atom. The third kappa shape index (κ3) is 4.56. The van der Waals surface area contributed by atoms with Gasteiger partial charge in [0.15, 0.2) is 0 Å². The van der Waals surface area contributed by atoms with E-state index in [0.29, 0.717) is 12.3 Å². The summed E-state index contributed by atoms with van der Waals surface area (Å²) in [6, 6.07) is 9.40. The lowest BCUT2D eigenvalue weighted by Crippen LogP contribution is -2.42. The van der Waals surface area contributed by atoms with Crippen molar-refractivity contribution in [2.75, 3.05) is 12.3 Å². The lowest BCUT2D eigenvalue weighted by Gasteiger charge is -2.28. The Morgan fingerprint density at radius 1 is 1.33 bits per heavy atom. The number of benzene rings is 1. The quantitative estimate of drug-likeness (QED) is 0.861. The predicted molar refractivity (Wildman–Crippen MR) is 83.7 cm³/mol. The monoisotopic (exact) mass is 309 g/mol. The second-order valence-electron chi connectivity index (χ2n) is 6.30. The molecule has 0 saturated carbocycles. The molecule has 0 spiro atoms. The number of nitrogens with zero attached hydrogens (tertiary/aromatic N) is 1. The van der Waals surface area contributed by atoms with Gasteiger partial charge in [0.25, 0.3) is 0 Å². The minimum atomic E-state index is -1.08. The Balaban J connectivity index is 1.99. The van der Waals surface area contributed by atoms with Crippen LogP contribution in [0.3, 0.4) is 0 Å². The van der Waals surface area contributed by atoms with Crippen LogP contribution in [-0.4, -0.2) is 39.1 Å². The van der Waals surface area contributed by atoms with Crippen LogP contribution >= 0.6 is 0 Å². The average Bonchev–Trinajstić information content (AvgIpc) is 2.86. The summed E-state index contributed by atoms with van der Waals surface area (Å²) < 4.78 is 17.8. The van der Waals surface area contributed by atoms with Crippen molar-refractivity contribution < 1.29 is 13.7 Å². The fourth-order valence-corrected chi connectivity index (χ4v) is 3.76. The molecule has 4 nitrogen and oxygen atoms in total. The van der Waals surface area contributed by atoms with Crippen LogP contribution in [0.25, 0.3) is 0 Å². The Bertz CT molecular complexity index is 510. The molecule has 1 aromatic carbocycles. The molecule has 116 valence electrons. The van der Waals surface area contributed by atoms with Gasteiger partial charge in [-0.25, -0.2) is 4.79 Å². The zero-order chi connectivity index (χ0) is 15.5. The van der Waals surface area contributed by atoms with E-state index in [2.05, 4.69) is 0 Å². The molecule has 0 bridgehead atoms. The number of hydrogen-bond donors (Lipinski definition) is 0. The summed E-state index contributed by atoms with van der Waals surface area (Å²) in [4.78, 5) is 14.7. The maximum atomic E-state index is 12.4. The fraction of sp³-hybridized carbons (Fsp3) is 0.562. The van der Waals surface area contributed by atoms with Crippen LogP contribution in [-0.2, 0) is 15.5 Å². The van der Waals surface area contributed by atoms with Gasteiger partial charge in [-0.3, -0.25) is 4.21 Å². The van der Waals surface area contributed by atoms with Gasteiger partial charge in [0.05, 0.1) is 10.8 Å². The van der Waals surface area contributed by atoms with Gasteiger partial charge in [-0.15, -0.1) is 0 Å². The SMILES string of the molecule is CC(C)(C)OC(=O)N1CCC[C@H]1CS(=O)c1ccccc1. The minimum Gasteiger partial charge on any atom is -0.444 e. The third-order valence-electron chi connectivity index (χ3n) is 3.36. The minimum absolute atomic E-state index is 0.000824. The first kappa shape index (κ1) is 16.0. The van der Waals surface area contributed by atoms with Gasteiger partial charge in [-0.05, 0) is 45.7 Å². The Morgan fingerprint density at radius 2 is 2.00 bits per heavy atom. The number of amides is 1. The van der Waals surface area contributed by atoms with Crippen LogP contribution in [0, 0.1) is 0 Å². The number of rotatable bonds is 3. The van der Waals surface area contributed by atoms with Crippen LogP contribution in [0.5, 0.6) is 0 Å². The van der Waals surface area contributed by atoms with Crippen molar-refractivity contribution in [3.63, 3.8) is 0 Å². The van der Waals surface area contributed by atoms with Crippen LogP contribution < -0.4 is 0 Å². The number of carbonyl (C=O) groups is 1. The summed E-state index contributed by atoms with van der Waals surface area (Å²) in [6.45, 7) is 6.26. The van der Waals surface area contributed by atoms with E-state index in [1.54, 1.807) is 4.90 Å². The zero-order valence-electron chi connectivity index (χ0n) is 12.9. The van der Waals surface area contributed by atoms with E-state index in [9.17, 15) is 9.00 Å². The number of likely N-dealkylation sites (tertiary alicyclic amines) is 1. The highest BCUT2D eigenvalue weighted by Crippen LogP contribution is 2.22. The summed E-state index contributed by atoms with van der Waals surface area (Å²) in [5, 5.41) is 0. The first-order chi connectivity index (χ1) is 9.87. The van der Waals surface area contributed by atoms with E-state index in [-0.39, 0.29) is 12.1 Å². The molecule has 1 amide bonds. The second-order valence-corrected chi connectivity index (χ2v) is 7.79. The van der Waals surface area contributed by atoms with Crippen molar-refractivity contribution in [2.24, 2.45) is 0 Å². The smallest absolute Gasteiger partial charge is 0.410 e. The molecule has 0 aliphatic carbocycles. The van der Waals surface area contributed by atoms with Crippen molar-refractivity contribution in [1.82, 2.24) is 4.90 Å². The summed E-state index contributed by atoms with van der Waals surface area (Å²) in [7, 11) is -1.08.